The van der Waals surface area contributed by atoms with Gasteiger partial charge in [-0.25, -0.2) is 4.79 Å². The van der Waals surface area contributed by atoms with Crippen LogP contribution < -0.4 is 24.0 Å². The lowest BCUT2D eigenvalue weighted by Gasteiger charge is -2.23. The highest BCUT2D eigenvalue weighted by atomic mass is 127. The van der Waals surface area contributed by atoms with E-state index in [1.165, 1.54) is 6.08 Å². The number of esters is 1. The van der Waals surface area contributed by atoms with Crippen LogP contribution in [-0.4, -0.2) is 49.9 Å². The summed E-state index contributed by atoms with van der Waals surface area (Å²) in [6, 6.07) is 0. The summed E-state index contributed by atoms with van der Waals surface area (Å²) in [6.45, 7) is 2.87. The number of rotatable bonds is 5. The minimum absolute atomic E-state index is 0. The molecule has 0 saturated heterocycles. The van der Waals surface area contributed by atoms with Gasteiger partial charge in [-0.2, -0.15) is 0 Å². The number of hydrogen-bond donors (Lipinski definition) is 1. The van der Waals surface area contributed by atoms with Crippen LogP contribution in [0.1, 0.15) is 13.3 Å². The molecule has 0 spiro atoms. The van der Waals surface area contributed by atoms with Crippen molar-refractivity contribution in [2.75, 3.05) is 34.3 Å². The first-order chi connectivity index (χ1) is 6.37. The summed E-state index contributed by atoms with van der Waals surface area (Å²) in [6.07, 6.45) is 2.12. The summed E-state index contributed by atoms with van der Waals surface area (Å²) in [5.41, 5.74) is 0. The number of carbonyl (C=O) groups is 1. The predicted molar refractivity (Wildman–Crippen MR) is 54.9 cm³/mol. The standard InChI is InChI=1S/C10H19NO3.HI/c1-5-9(12)10(13)14-8-6-7-11(2,3)4;/h5H,6-8H2,1-4H3;1H. The zero-order valence-corrected chi connectivity index (χ0v) is 11.9. The Kier molecular flexibility index (Phi) is 9.04. The molecular weight excluding hydrogens is 309 g/mol. The quantitative estimate of drug-likeness (QED) is 0.160. The first-order valence-corrected chi connectivity index (χ1v) is 4.69. The van der Waals surface area contributed by atoms with Crippen LogP contribution in [0.2, 0.25) is 0 Å². The van der Waals surface area contributed by atoms with Crippen molar-refractivity contribution in [3.63, 3.8) is 0 Å². The van der Waals surface area contributed by atoms with Gasteiger partial charge < -0.3 is 38.3 Å². The van der Waals surface area contributed by atoms with Crippen LogP contribution in [0.25, 0.3) is 0 Å². The summed E-state index contributed by atoms with van der Waals surface area (Å²) in [5, 5.41) is 8.97. The SMILES string of the molecule is CC=C(O)C(=O)OCCC[N+](C)(C)C.[I-]. The third-order valence-electron chi connectivity index (χ3n) is 1.69. The molecule has 0 aromatic rings. The lowest BCUT2D eigenvalue weighted by atomic mass is 10.4. The third kappa shape index (κ3) is 9.99. The van der Waals surface area contributed by atoms with Crippen molar-refractivity contribution < 1.29 is 43.1 Å². The molecule has 0 saturated carbocycles. The van der Waals surface area contributed by atoms with Gasteiger partial charge in [-0.1, -0.05) is 0 Å². The average Bonchev–Trinajstić information content (AvgIpc) is 2.09. The highest BCUT2D eigenvalue weighted by molar-refractivity contribution is 5.85. The van der Waals surface area contributed by atoms with Crippen LogP contribution in [0, 0.1) is 0 Å². The fraction of sp³-hybridized carbons (Fsp3) is 0.700. The second-order valence-corrected chi connectivity index (χ2v) is 4.18. The van der Waals surface area contributed by atoms with E-state index in [9.17, 15) is 4.79 Å². The van der Waals surface area contributed by atoms with Gasteiger partial charge >= 0.3 is 5.97 Å². The fourth-order valence-corrected chi connectivity index (χ4v) is 0.896. The normalized spacial score (nSPS) is 11.9. The number of aliphatic hydroxyl groups excluding tert-OH is 1. The number of aliphatic hydroxyl groups is 1. The van der Waals surface area contributed by atoms with Gasteiger partial charge in [-0.05, 0) is 13.0 Å². The third-order valence-corrected chi connectivity index (χ3v) is 1.69. The second kappa shape index (κ2) is 7.92. The number of quaternary nitrogens is 1. The van der Waals surface area contributed by atoms with Gasteiger partial charge in [0.15, 0.2) is 5.76 Å². The molecular formula is C10H20INO3. The van der Waals surface area contributed by atoms with Crippen LogP contribution in [0.3, 0.4) is 0 Å². The summed E-state index contributed by atoms with van der Waals surface area (Å²) in [5.74, 6) is -0.968. The van der Waals surface area contributed by atoms with Gasteiger partial charge in [0, 0.05) is 6.42 Å². The maximum absolute atomic E-state index is 11.0. The van der Waals surface area contributed by atoms with Crippen molar-refractivity contribution in [3.8, 4) is 0 Å². The minimum atomic E-state index is -0.645. The molecule has 0 aromatic heterocycles. The topological polar surface area (TPSA) is 46.5 Å². The Balaban J connectivity index is 0. The van der Waals surface area contributed by atoms with E-state index in [4.69, 9.17) is 9.84 Å². The van der Waals surface area contributed by atoms with Crippen molar-refractivity contribution in [3.05, 3.63) is 11.8 Å². The van der Waals surface area contributed by atoms with Crippen LogP contribution in [0.15, 0.2) is 11.8 Å². The molecule has 15 heavy (non-hydrogen) atoms. The van der Waals surface area contributed by atoms with Gasteiger partial charge in [-0.3, -0.25) is 0 Å². The molecule has 4 nitrogen and oxygen atoms in total. The number of nitrogens with zero attached hydrogens (tertiary/aromatic N) is 1. The maximum atomic E-state index is 11.0. The van der Waals surface area contributed by atoms with Gasteiger partial charge in [0.1, 0.15) is 0 Å². The molecule has 0 atom stereocenters. The molecule has 0 rings (SSSR count). The molecule has 0 aliphatic carbocycles. The van der Waals surface area contributed by atoms with E-state index in [1.54, 1.807) is 6.92 Å². The van der Waals surface area contributed by atoms with Gasteiger partial charge in [0.2, 0.25) is 0 Å². The zero-order chi connectivity index (χ0) is 11.2. The molecule has 0 aliphatic rings. The van der Waals surface area contributed by atoms with E-state index in [0.29, 0.717) is 6.61 Å². The van der Waals surface area contributed by atoms with E-state index < -0.39 is 5.97 Å². The molecule has 0 fully saturated rings. The first kappa shape index (κ1) is 17.1. The average molecular weight is 329 g/mol. The molecule has 1 N–H and O–H groups in total. The van der Waals surface area contributed by atoms with Gasteiger partial charge in [0.05, 0.1) is 34.3 Å². The van der Waals surface area contributed by atoms with E-state index in [1.807, 2.05) is 0 Å². The summed E-state index contributed by atoms with van der Waals surface area (Å²) < 4.78 is 5.66. The molecule has 0 aliphatic heterocycles. The second-order valence-electron chi connectivity index (χ2n) is 4.18. The highest BCUT2D eigenvalue weighted by Crippen LogP contribution is 1.97. The molecule has 0 aromatic carbocycles. The van der Waals surface area contributed by atoms with E-state index in [0.717, 1.165) is 17.4 Å². The van der Waals surface area contributed by atoms with Crippen molar-refractivity contribution in [1.29, 1.82) is 0 Å². The van der Waals surface area contributed by atoms with E-state index in [2.05, 4.69) is 21.1 Å². The smallest absolute Gasteiger partial charge is 0.373 e. The Hall–Kier alpha value is -0.300. The Morgan fingerprint density at radius 1 is 1.40 bits per heavy atom. The Labute approximate surface area is 109 Å². The van der Waals surface area contributed by atoms with Gasteiger partial charge in [0.25, 0.3) is 0 Å². The van der Waals surface area contributed by atoms with Crippen LogP contribution in [-0.2, 0) is 9.53 Å². The highest BCUT2D eigenvalue weighted by Gasteiger charge is 2.09. The first-order valence-electron chi connectivity index (χ1n) is 4.69. The van der Waals surface area contributed by atoms with Crippen molar-refractivity contribution in [2.24, 2.45) is 0 Å². The number of hydrogen-bond acceptors (Lipinski definition) is 3. The van der Waals surface area contributed by atoms with Crippen molar-refractivity contribution >= 4 is 5.97 Å². The Morgan fingerprint density at radius 2 is 1.93 bits per heavy atom. The fourth-order valence-electron chi connectivity index (χ4n) is 0.896. The minimum Gasteiger partial charge on any atom is -1.00 e. The zero-order valence-electron chi connectivity index (χ0n) is 9.79. The lowest BCUT2D eigenvalue weighted by molar-refractivity contribution is -0.870. The Bertz CT molecular complexity index is 221. The molecule has 0 radical (unpaired) electrons. The monoisotopic (exact) mass is 329 g/mol. The number of ether oxygens (including phenoxy) is 1. The summed E-state index contributed by atoms with van der Waals surface area (Å²) in [7, 11) is 6.22. The number of allylic oxidation sites excluding steroid dienone is 1. The largest absolute Gasteiger partial charge is 1.00 e. The van der Waals surface area contributed by atoms with Crippen LogP contribution in [0.5, 0.6) is 0 Å². The van der Waals surface area contributed by atoms with E-state index >= 15 is 0 Å². The van der Waals surface area contributed by atoms with Crippen LogP contribution in [0.4, 0.5) is 0 Å². The Morgan fingerprint density at radius 3 is 2.33 bits per heavy atom. The van der Waals surface area contributed by atoms with Crippen molar-refractivity contribution in [1.82, 2.24) is 0 Å². The number of carbonyl (C=O) groups excluding carboxylic acids is 1. The molecule has 0 heterocycles. The molecule has 0 amide bonds. The number of halogens is 1. The van der Waals surface area contributed by atoms with Crippen LogP contribution >= 0.6 is 0 Å². The molecule has 5 heteroatoms. The molecule has 90 valence electrons. The van der Waals surface area contributed by atoms with E-state index in [-0.39, 0.29) is 29.7 Å². The summed E-state index contributed by atoms with van der Waals surface area (Å²) >= 11 is 0. The lowest BCUT2D eigenvalue weighted by Crippen LogP contribution is -3.00. The maximum Gasteiger partial charge on any atom is 0.373 e. The van der Waals surface area contributed by atoms with Crippen molar-refractivity contribution in [2.45, 2.75) is 13.3 Å². The summed E-state index contributed by atoms with van der Waals surface area (Å²) in [4.78, 5) is 11.0. The van der Waals surface area contributed by atoms with Gasteiger partial charge in [-0.15, -0.1) is 0 Å². The molecule has 0 bridgehead atoms. The molecule has 0 unspecified atom stereocenters. The predicted octanol–water partition coefficient (Wildman–Crippen LogP) is -1.91.